The van der Waals surface area contributed by atoms with Crippen molar-refractivity contribution in [1.82, 2.24) is 4.98 Å². The SMILES string of the molecule is COC(=O)c1cc(C(OC)OC)c(OC)cn1. The fourth-order valence-electron chi connectivity index (χ4n) is 1.38. The van der Waals surface area contributed by atoms with E-state index in [1.807, 2.05) is 0 Å². The number of esters is 1. The lowest BCUT2D eigenvalue weighted by Gasteiger charge is -2.17. The van der Waals surface area contributed by atoms with Gasteiger partial charge in [0.25, 0.3) is 0 Å². The molecule has 0 aromatic carbocycles. The summed E-state index contributed by atoms with van der Waals surface area (Å²) in [5, 5.41) is 0. The van der Waals surface area contributed by atoms with E-state index in [2.05, 4.69) is 9.72 Å². The van der Waals surface area contributed by atoms with E-state index in [1.165, 1.54) is 40.7 Å². The van der Waals surface area contributed by atoms with Crippen molar-refractivity contribution in [2.75, 3.05) is 28.4 Å². The summed E-state index contributed by atoms with van der Waals surface area (Å²) in [5.41, 5.74) is 0.746. The minimum absolute atomic E-state index is 0.169. The van der Waals surface area contributed by atoms with Crippen LogP contribution >= 0.6 is 0 Å². The highest BCUT2D eigenvalue weighted by atomic mass is 16.7. The Hall–Kier alpha value is -1.66. The van der Waals surface area contributed by atoms with Gasteiger partial charge in [-0.05, 0) is 6.07 Å². The zero-order valence-corrected chi connectivity index (χ0v) is 10.2. The number of hydrogen-bond acceptors (Lipinski definition) is 6. The Bertz CT molecular complexity index is 389. The predicted octanol–water partition coefficient (Wildman–Crippen LogP) is 1.17. The van der Waals surface area contributed by atoms with Gasteiger partial charge in [0.15, 0.2) is 6.29 Å². The Balaban J connectivity index is 3.18. The van der Waals surface area contributed by atoms with Gasteiger partial charge < -0.3 is 18.9 Å². The summed E-state index contributed by atoms with van der Waals surface area (Å²) in [6.07, 6.45) is 0.795. The Kier molecular flexibility index (Phi) is 4.86. The van der Waals surface area contributed by atoms with E-state index in [4.69, 9.17) is 14.2 Å². The minimum Gasteiger partial charge on any atom is -0.495 e. The van der Waals surface area contributed by atoms with Crippen LogP contribution in [0, 0.1) is 0 Å². The molecule has 17 heavy (non-hydrogen) atoms. The summed E-state index contributed by atoms with van der Waals surface area (Å²) < 4.78 is 19.9. The number of nitrogens with zero attached hydrogens (tertiary/aromatic N) is 1. The first-order valence-corrected chi connectivity index (χ1v) is 4.85. The maximum Gasteiger partial charge on any atom is 0.356 e. The third-order valence-corrected chi connectivity index (χ3v) is 2.19. The molecular weight excluding hydrogens is 226 g/mol. The van der Waals surface area contributed by atoms with Crippen LogP contribution in [0.5, 0.6) is 5.75 Å². The number of methoxy groups -OCH3 is 4. The highest BCUT2D eigenvalue weighted by Gasteiger charge is 2.19. The van der Waals surface area contributed by atoms with Crippen LogP contribution in [0.2, 0.25) is 0 Å². The molecule has 1 heterocycles. The van der Waals surface area contributed by atoms with Crippen molar-refractivity contribution in [2.45, 2.75) is 6.29 Å². The lowest BCUT2D eigenvalue weighted by molar-refractivity contribution is -0.107. The average Bonchev–Trinajstić information content (AvgIpc) is 2.39. The van der Waals surface area contributed by atoms with Gasteiger partial charge >= 0.3 is 5.97 Å². The number of carbonyl (C=O) groups excluding carboxylic acids is 1. The minimum atomic E-state index is -0.628. The highest BCUT2D eigenvalue weighted by Crippen LogP contribution is 2.27. The molecule has 0 bridgehead atoms. The van der Waals surface area contributed by atoms with Gasteiger partial charge in [0.05, 0.1) is 26.0 Å². The van der Waals surface area contributed by atoms with Crippen molar-refractivity contribution in [3.8, 4) is 5.75 Å². The van der Waals surface area contributed by atoms with Crippen LogP contribution in [0.1, 0.15) is 22.3 Å². The average molecular weight is 241 g/mol. The van der Waals surface area contributed by atoms with E-state index in [0.717, 1.165) is 0 Å². The molecule has 1 aromatic heterocycles. The molecule has 0 saturated heterocycles. The van der Waals surface area contributed by atoms with E-state index >= 15 is 0 Å². The number of rotatable bonds is 5. The third-order valence-electron chi connectivity index (χ3n) is 2.19. The molecule has 0 N–H and O–H groups in total. The molecule has 0 aliphatic heterocycles. The second kappa shape index (κ2) is 6.17. The molecule has 1 aromatic rings. The zero-order chi connectivity index (χ0) is 12.8. The summed E-state index contributed by atoms with van der Waals surface area (Å²) in [7, 11) is 5.77. The molecule has 94 valence electrons. The van der Waals surface area contributed by atoms with Gasteiger partial charge in [-0.15, -0.1) is 0 Å². The van der Waals surface area contributed by atoms with Crippen LogP contribution < -0.4 is 4.74 Å². The number of ether oxygens (including phenoxy) is 4. The van der Waals surface area contributed by atoms with E-state index in [-0.39, 0.29) is 5.69 Å². The van der Waals surface area contributed by atoms with E-state index in [1.54, 1.807) is 0 Å². The Morgan fingerprint density at radius 3 is 2.35 bits per heavy atom. The van der Waals surface area contributed by atoms with E-state index < -0.39 is 12.3 Å². The lowest BCUT2D eigenvalue weighted by atomic mass is 10.2. The molecule has 0 amide bonds. The summed E-state index contributed by atoms with van der Waals surface area (Å²) in [6.45, 7) is 0. The second-order valence-corrected chi connectivity index (χ2v) is 3.11. The molecule has 6 heteroatoms. The predicted molar refractivity (Wildman–Crippen MR) is 58.9 cm³/mol. The number of carbonyl (C=O) groups is 1. The monoisotopic (exact) mass is 241 g/mol. The first-order valence-electron chi connectivity index (χ1n) is 4.85. The number of pyridine rings is 1. The maximum atomic E-state index is 11.4. The summed E-state index contributed by atoms with van der Waals surface area (Å²) in [6, 6.07) is 1.52. The molecule has 0 saturated carbocycles. The Labute approximate surface area is 99.5 Å². The first kappa shape index (κ1) is 13.4. The molecule has 0 atom stereocenters. The zero-order valence-electron chi connectivity index (χ0n) is 10.2. The number of hydrogen-bond donors (Lipinski definition) is 0. The van der Waals surface area contributed by atoms with Crippen molar-refractivity contribution in [2.24, 2.45) is 0 Å². The van der Waals surface area contributed by atoms with Crippen molar-refractivity contribution < 1.29 is 23.7 Å². The molecule has 0 fully saturated rings. The molecule has 0 spiro atoms. The van der Waals surface area contributed by atoms with Gasteiger partial charge in [0, 0.05) is 14.2 Å². The van der Waals surface area contributed by atoms with Crippen molar-refractivity contribution in [3.05, 3.63) is 23.5 Å². The summed E-state index contributed by atoms with van der Waals surface area (Å²) >= 11 is 0. The van der Waals surface area contributed by atoms with Crippen LogP contribution in [0.4, 0.5) is 0 Å². The Morgan fingerprint density at radius 1 is 1.24 bits per heavy atom. The molecule has 1 rings (SSSR count). The molecule has 0 radical (unpaired) electrons. The van der Waals surface area contributed by atoms with Crippen LogP contribution in [-0.2, 0) is 14.2 Å². The van der Waals surface area contributed by atoms with Gasteiger partial charge in [0.1, 0.15) is 11.4 Å². The van der Waals surface area contributed by atoms with Crippen LogP contribution in [0.15, 0.2) is 12.3 Å². The van der Waals surface area contributed by atoms with Gasteiger partial charge in [0.2, 0.25) is 0 Å². The van der Waals surface area contributed by atoms with Gasteiger partial charge in [-0.3, -0.25) is 0 Å². The van der Waals surface area contributed by atoms with E-state index in [0.29, 0.717) is 11.3 Å². The largest absolute Gasteiger partial charge is 0.495 e. The molecular formula is C11H15NO5. The van der Waals surface area contributed by atoms with Crippen molar-refractivity contribution in [3.63, 3.8) is 0 Å². The summed E-state index contributed by atoms with van der Waals surface area (Å²) in [4.78, 5) is 15.3. The fourth-order valence-corrected chi connectivity index (χ4v) is 1.38. The van der Waals surface area contributed by atoms with Gasteiger partial charge in [-0.25, -0.2) is 9.78 Å². The lowest BCUT2D eigenvalue weighted by Crippen LogP contribution is -2.10. The standard InChI is InChI=1S/C11H15NO5/c1-14-9-6-12-8(10(13)15-2)5-7(9)11(16-3)17-4/h5-6,11H,1-4H3. The highest BCUT2D eigenvalue weighted by molar-refractivity contribution is 5.87. The fraction of sp³-hybridized carbons (Fsp3) is 0.455. The second-order valence-electron chi connectivity index (χ2n) is 3.11. The third kappa shape index (κ3) is 2.92. The van der Waals surface area contributed by atoms with Crippen LogP contribution in [0.25, 0.3) is 0 Å². The first-order chi connectivity index (χ1) is 8.17. The molecule has 0 unspecified atom stereocenters. The number of aromatic nitrogens is 1. The summed E-state index contributed by atoms with van der Waals surface area (Å²) in [5.74, 6) is -0.0498. The Morgan fingerprint density at radius 2 is 1.88 bits per heavy atom. The van der Waals surface area contributed by atoms with Gasteiger partial charge in [-0.2, -0.15) is 0 Å². The molecule has 6 nitrogen and oxygen atoms in total. The maximum absolute atomic E-state index is 11.4. The van der Waals surface area contributed by atoms with Crippen LogP contribution in [-0.4, -0.2) is 39.4 Å². The van der Waals surface area contributed by atoms with Crippen molar-refractivity contribution >= 4 is 5.97 Å². The van der Waals surface area contributed by atoms with E-state index in [9.17, 15) is 4.79 Å². The normalized spacial score (nSPS) is 10.4. The van der Waals surface area contributed by atoms with Crippen molar-refractivity contribution in [1.29, 1.82) is 0 Å². The smallest absolute Gasteiger partial charge is 0.356 e. The van der Waals surface area contributed by atoms with Gasteiger partial charge in [-0.1, -0.05) is 0 Å². The quantitative estimate of drug-likeness (QED) is 0.569. The molecule has 0 aliphatic rings. The van der Waals surface area contributed by atoms with Crippen LogP contribution in [0.3, 0.4) is 0 Å². The molecule has 0 aliphatic carbocycles. The topological polar surface area (TPSA) is 66.9 Å².